The highest BCUT2D eigenvalue weighted by atomic mass is 32.2. The highest BCUT2D eigenvalue weighted by molar-refractivity contribution is 8.00. The summed E-state index contributed by atoms with van der Waals surface area (Å²) in [6, 6.07) is 8.56. The Morgan fingerprint density at radius 1 is 1.29 bits per heavy atom. The third-order valence-electron chi connectivity index (χ3n) is 2.85. The first-order chi connectivity index (χ1) is 10.0. The second-order valence-electron chi connectivity index (χ2n) is 4.50. The van der Waals surface area contributed by atoms with Gasteiger partial charge in [0.2, 0.25) is 0 Å². The number of thioether (sulfide) groups is 1. The summed E-state index contributed by atoms with van der Waals surface area (Å²) < 4.78 is 24.5. The van der Waals surface area contributed by atoms with E-state index in [4.69, 9.17) is 5.73 Å². The molecule has 0 amide bonds. The van der Waals surface area contributed by atoms with E-state index in [0.29, 0.717) is 22.3 Å². The zero-order valence-corrected chi connectivity index (χ0v) is 13.3. The number of aromatic nitrogens is 2. The molecule has 112 valence electrons. The quantitative estimate of drug-likeness (QED) is 0.644. The molecule has 0 aliphatic heterocycles. The molecule has 1 aromatic heterocycles. The van der Waals surface area contributed by atoms with Gasteiger partial charge in [-0.25, -0.2) is 18.4 Å². The Morgan fingerprint density at radius 2 is 2.10 bits per heavy atom. The Morgan fingerprint density at radius 3 is 2.81 bits per heavy atom. The van der Waals surface area contributed by atoms with E-state index >= 15 is 0 Å². The number of sulfone groups is 1. The predicted octanol–water partition coefficient (Wildman–Crippen LogP) is 1.81. The molecular weight excluding hydrogens is 306 g/mol. The molecule has 2 N–H and O–H groups in total. The smallest absolute Gasteiger partial charge is 0.187 e. The number of rotatable bonds is 6. The standard InChI is InChI=1S/C14H17N3O2S2/c1-11-5-6-16-14(17-11)20-7-8-21(18,19)13-4-2-3-12(9-13)10-15/h2-6,9H,7-8,10,15H2,1H3. The van der Waals surface area contributed by atoms with E-state index in [1.807, 2.05) is 13.0 Å². The lowest BCUT2D eigenvalue weighted by molar-refractivity contribution is 0.597. The monoisotopic (exact) mass is 323 g/mol. The predicted molar refractivity (Wildman–Crippen MR) is 83.9 cm³/mol. The van der Waals surface area contributed by atoms with E-state index in [9.17, 15) is 8.42 Å². The van der Waals surface area contributed by atoms with Crippen molar-refractivity contribution in [2.45, 2.75) is 23.5 Å². The van der Waals surface area contributed by atoms with Crippen molar-refractivity contribution in [3.63, 3.8) is 0 Å². The first-order valence-electron chi connectivity index (χ1n) is 6.45. The van der Waals surface area contributed by atoms with Crippen LogP contribution in [0, 0.1) is 6.92 Å². The Hall–Kier alpha value is -1.44. The topological polar surface area (TPSA) is 85.9 Å². The molecular formula is C14H17N3O2S2. The number of hydrogen-bond acceptors (Lipinski definition) is 6. The van der Waals surface area contributed by atoms with E-state index in [1.54, 1.807) is 30.5 Å². The van der Waals surface area contributed by atoms with Crippen molar-refractivity contribution < 1.29 is 8.42 Å². The van der Waals surface area contributed by atoms with Crippen LogP contribution >= 0.6 is 11.8 Å². The maximum absolute atomic E-state index is 12.3. The van der Waals surface area contributed by atoms with Gasteiger partial charge in [-0.05, 0) is 30.7 Å². The second kappa shape index (κ2) is 7.02. The fourth-order valence-corrected chi connectivity index (χ4v) is 4.31. The lowest BCUT2D eigenvalue weighted by Gasteiger charge is -2.06. The molecule has 2 aromatic rings. The normalized spacial score (nSPS) is 11.5. The van der Waals surface area contributed by atoms with Crippen molar-refractivity contribution in [2.24, 2.45) is 5.73 Å². The summed E-state index contributed by atoms with van der Waals surface area (Å²) in [5.41, 5.74) is 7.21. The molecule has 21 heavy (non-hydrogen) atoms. The van der Waals surface area contributed by atoms with E-state index in [0.717, 1.165) is 11.3 Å². The molecule has 0 fully saturated rings. The largest absolute Gasteiger partial charge is 0.326 e. The average Bonchev–Trinajstić information content (AvgIpc) is 2.47. The molecule has 0 unspecified atom stereocenters. The van der Waals surface area contributed by atoms with Crippen LogP contribution in [0.1, 0.15) is 11.3 Å². The van der Waals surface area contributed by atoms with Gasteiger partial charge < -0.3 is 5.73 Å². The second-order valence-corrected chi connectivity index (χ2v) is 7.67. The molecule has 0 aliphatic carbocycles. The zero-order chi connectivity index (χ0) is 15.3. The van der Waals surface area contributed by atoms with Crippen molar-refractivity contribution >= 4 is 21.6 Å². The molecule has 0 saturated carbocycles. The van der Waals surface area contributed by atoms with Crippen LogP contribution in [-0.4, -0.2) is 29.9 Å². The maximum atomic E-state index is 12.3. The molecule has 0 bridgehead atoms. The highest BCUT2D eigenvalue weighted by Gasteiger charge is 2.15. The lowest BCUT2D eigenvalue weighted by Crippen LogP contribution is -2.10. The van der Waals surface area contributed by atoms with Crippen LogP contribution in [0.4, 0.5) is 0 Å². The first-order valence-corrected chi connectivity index (χ1v) is 9.09. The van der Waals surface area contributed by atoms with Gasteiger partial charge in [0, 0.05) is 24.2 Å². The number of hydrogen-bond donors (Lipinski definition) is 1. The third-order valence-corrected chi connectivity index (χ3v) is 5.68. The van der Waals surface area contributed by atoms with Crippen LogP contribution in [0.5, 0.6) is 0 Å². The van der Waals surface area contributed by atoms with Gasteiger partial charge in [-0.15, -0.1) is 0 Å². The highest BCUT2D eigenvalue weighted by Crippen LogP contribution is 2.17. The Balaban J connectivity index is 2.01. The molecule has 0 radical (unpaired) electrons. The van der Waals surface area contributed by atoms with Gasteiger partial charge in [0.1, 0.15) is 0 Å². The van der Waals surface area contributed by atoms with Crippen molar-refractivity contribution in [1.29, 1.82) is 0 Å². The molecule has 7 heteroatoms. The third kappa shape index (κ3) is 4.52. The minimum atomic E-state index is -3.31. The Labute approximate surface area is 128 Å². The molecule has 1 aromatic carbocycles. The summed E-state index contributed by atoms with van der Waals surface area (Å²) >= 11 is 1.34. The van der Waals surface area contributed by atoms with Gasteiger partial charge in [0.15, 0.2) is 15.0 Å². The number of nitrogens with zero attached hydrogens (tertiary/aromatic N) is 2. The van der Waals surface area contributed by atoms with E-state index in [2.05, 4.69) is 9.97 Å². The first kappa shape index (κ1) is 15.9. The molecule has 0 spiro atoms. The lowest BCUT2D eigenvalue weighted by atomic mass is 10.2. The van der Waals surface area contributed by atoms with Gasteiger partial charge in [0.05, 0.1) is 10.6 Å². The molecule has 2 rings (SSSR count). The van der Waals surface area contributed by atoms with Crippen molar-refractivity contribution in [2.75, 3.05) is 11.5 Å². The minimum Gasteiger partial charge on any atom is -0.326 e. The summed E-state index contributed by atoms with van der Waals surface area (Å²) in [5, 5.41) is 0.598. The SMILES string of the molecule is Cc1ccnc(SCCS(=O)(=O)c2cccc(CN)c2)n1. The van der Waals surface area contributed by atoms with E-state index in [-0.39, 0.29) is 5.75 Å². The molecule has 0 aliphatic rings. The van der Waals surface area contributed by atoms with Crippen LogP contribution in [0.15, 0.2) is 46.6 Å². The molecule has 1 heterocycles. The molecule has 5 nitrogen and oxygen atoms in total. The van der Waals surface area contributed by atoms with Crippen LogP contribution in [0.25, 0.3) is 0 Å². The summed E-state index contributed by atoms with van der Waals surface area (Å²) in [6.07, 6.45) is 1.67. The number of nitrogens with two attached hydrogens (primary N) is 1. The van der Waals surface area contributed by atoms with Crippen LogP contribution in [-0.2, 0) is 16.4 Å². The summed E-state index contributed by atoms with van der Waals surface area (Å²) in [7, 11) is -3.31. The van der Waals surface area contributed by atoms with Crippen molar-refractivity contribution in [3.05, 3.63) is 47.8 Å². The summed E-state index contributed by atoms with van der Waals surface area (Å²) in [6.45, 7) is 2.20. The number of benzene rings is 1. The van der Waals surface area contributed by atoms with Gasteiger partial charge >= 0.3 is 0 Å². The summed E-state index contributed by atoms with van der Waals surface area (Å²) in [4.78, 5) is 8.65. The van der Waals surface area contributed by atoms with Crippen molar-refractivity contribution in [3.8, 4) is 0 Å². The number of aryl methyl sites for hydroxylation is 1. The fourth-order valence-electron chi connectivity index (χ4n) is 1.72. The van der Waals surface area contributed by atoms with E-state index in [1.165, 1.54) is 11.8 Å². The van der Waals surface area contributed by atoms with Gasteiger partial charge in [0.25, 0.3) is 0 Å². The summed E-state index contributed by atoms with van der Waals surface area (Å²) in [5.74, 6) is 0.460. The zero-order valence-electron chi connectivity index (χ0n) is 11.7. The van der Waals surface area contributed by atoms with Crippen molar-refractivity contribution in [1.82, 2.24) is 9.97 Å². The minimum absolute atomic E-state index is 0.0446. The van der Waals surface area contributed by atoms with Gasteiger partial charge in [-0.1, -0.05) is 23.9 Å². The van der Waals surface area contributed by atoms with Crippen LogP contribution in [0.3, 0.4) is 0 Å². The Kier molecular flexibility index (Phi) is 5.33. The fraction of sp³-hybridized carbons (Fsp3) is 0.286. The molecule has 0 saturated heterocycles. The van der Waals surface area contributed by atoms with Gasteiger partial charge in [-0.3, -0.25) is 0 Å². The van der Waals surface area contributed by atoms with Crippen LogP contribution in [0.2, 0.25) is 0 Å². The Bertz CT molecular complexity index is 718. The molecule has 0 atom stereocenters. The van der Waals surface area contributed by atoms with Gasteiger partial charge in [-0.2, -0.15) is 0 Å². The maximum Gasteiger partial charge on any atom is 0.187 e. The van der Waals surface area contributed by atoms with Crippen LogP contribution < -0.4 is 5.73 Å². The average molecular weight is 323 g/mol. The van der Waals surface area contributed by atoms with E-state index < -0.39 is 9.84 Å².